The zero-order valence-corrected chi connectivity index (χ0v) is 11.2. The average Bonchev–Trinajstić information content (AvgIpc) is 2.32. The molecule has 0 saturated carbocycles. The molecule has 1 nitrogen and oxygen atoms in total. The van der Waals surface area contributed by atoms with Crippen LogP contribution in [0.4, 0.5) is 0 Å². The molecule has 0 heterocycles. The van der Waals surface area contributed by atoms with Crippen molar-refractivity contribution in [3.63, 3.8) is 0 Å². The third-order valence-corrected chi connectivity index (χ3v) is 3.24. The number of carbonyl (C=O) groups is 1. The number of rotatable bonds is 4. The Labute approximate surface area is 116 Å². The van der Waals surface area contributed by atoms with Crippen LogP contribution in [0.2, 0.25) is 10.0 Å². The van der Waals surface area contributed by atoms with Crippen molar-refractivity contribution in [3.05, 3.63) is 69.7 Å². The highest BCUT2D eigenvalue weighted by Gasteiger charge is 2.08. The smallest absolute Gasteiger partial charge is 0.141 e. The highest BCUT2D eigenvalue weighted by Crippen LogP contribution is 2.17. The Morgan fingerprint density at radius 1 is 0.944 bits per heavy atom. The molecule has 0 spiro atoms. The van der Waals surface area contributed by atoms with Gasteiger partial charge >= 0.3 is 0 Å². The zero-order valence-electron chi connectivity index (χ0n) is 9.70. The molecule has 0 saturated heterocycles. The lowest BCUT2D eigenvalue weighted by Gasteiger charge is -2.04. The van der Waals surface area contributed by atoms with Crippen molar-refractivity contribution in [1.82, 2.24) is 0 Å². The van der Waals surface area contributed by atoms with E-state index in [0.29, 0.717) is 22.9 Å². The molecule has 0 aliphatic carbocycles. The van der Waals surface area contributed by atoms with Crippen LogP contribution in [0.25, 0.3) is 0 Å². The minimum absolute atomic E-state index is 0.130. The molecule has 92 valence electrons. The van der Waals surface area contributed by atoms with Crippen molar-refractivity contribution in [1.29, 1.82) is 0 Å². The van der Waals surface area contributed by atoms with Gasteiger partial charge in [0.05, 0.1) is 0 Å². The van der Waals surface area contributed by atoms with Gasteiger partial charge < -0.3 is 0 Å². The van der Waals surface area contributed by atoms with Crippen molar-refractivity contribution < 1.29 is 4.79 Å². The summed E-state index contributed by atoms with van der Waals surface area (Å²) in [5.41, 5.74) is 1.80. The van der Waals surface area contributed by atoms with Crippen LogP contribution in [-0.2, 0) is 17.6 Å². The maximum atomic E-state index is 11.9. The van der Waals surface area contributed by atoms with E-state index in [1.54, 1.807) is 12.1 Å². The number of halogens is 2. The number of ketones is 1. The fourth-order valence-electron chi connectivity index (χ4n) is 1.79. The predicted molar refractivity (Wildman–Crippen MR) is 75.3 cm³/mol. The maximum absolute atomic E-state index is 11.9. The van der Waals surface area contributed by atoms with Crippen LogP contribution in [0, 0.1) is 0 Å². The summed E-state index contributed by atoms with van der Waals surface area (Å²) in [6.07, 6.45) is 0.734. The molecule has 0 aliphatic heterocycles. The van der Waals surface area contributed by atoms with Crippen molar-refractivity contribution in [2.24, 2.45) is 0 Å². The molecule has 3 heteroatoms. The predicted octanol–water partition coefficient (Wildman–Crippen LogP) is 4.35. The van der Waals surface area contributed by atoms with Gasteiger partial charge in [-0.05, 0) is 29.3 Å². The molecule has 0 radical (unpaired) electrons. The Morgan fingerprint density at radius 2 is 1.72 bits per heavy atom. The molecular formula is C15H12Cl2O. The van der Waals surface area contributed by atoms with Crippen molar-refractivity contribution >= 4 is 29.0 Å². The number of hydrogen-bond donors (Lipinski definition) is 0. The Hall–Kier alpha value is -1.31. The number of Topliss-reactive ketones (excluding diaryl/α,β-unsaturated/α-hetero) is 1. The van der Waals surface area contributed by atoms with Crippen LogP contribution in [-0.4, -0.2) is 5.78 Å². The first-order valence-electron chi connectivity index (χ1n) is 5.65. The van der Waals surface area contributed by atoms with E-state index in [1.165, 1.54) is 0 Å². The van der Waals surface area contributed by atoms with Gasteiger partial charge in [-0.15, -0.1) is 0 Å². The Morgan fingerprint density at radius 3 is 2.44 bits per heavy atom. The summed E-state index contributed by atoms with van der Waals surface area (Å²) in [6, 6.07) is 14.8. The first kappa shape index (κ1) is 13.1. The van der Waals surface area contributed by atoms with Gasteiger partial charge in [0, 0.05) is 22.9 Å². The van der Waals surface area contributed by atoms with Gasteiger partial charge in [-0.3, -0.25) is 4.79 Å². The van der Waals surface area contributed by atoms with Gasteiger partial charge in [0.15, 0.2) is 0 Å². The van der Waals surface area contributed by atoms with E-state index in [-0.39, 0.29) is 5.78 Å². The third kappa shape index (κ3) is 3.59. The summed E-state index contributed by atoms with van der Waals surface area (Å²) >= 11 is 11.9. The Kier molecular flexibility index (Phi) is 4.40. The van der Waals surface area contributed by atoms with Crippen LogP contribution in [0.3, 0.4) is 0 Å². The van der Waals surface area contributed by atoms with Gasteiger partial charge in [0.2, 0.25) is 0 Å². The molecule has 2 aromatic carbocycles. The van der Waals surface area contributed by atoms with E-state index in [0.717, 1.165) is 11.1 Å². The minimum Gasteiger partial charge on any atom is -0.299 e. The summed E-state index contributed by atoms with van der Waals surface area (Å²) in [6.45, 7) is 0. The van der Waals surface area contributed by atoms with E-state index >= 15 is 0 Å². The minimum atomic E-state index is 0.130. The monoisotopic (exact) mass is 278 g/mol. The van der Waals surface area contributed by atoms with Crippen molar-refractivity contribution in [2.75, 3.05) is 0 Å². The van der Waals surface area contributed by atoms with Crippen LogP contribution >= 0.6 is 23.2 Å². The lowest BCUT2D eigenvalue weighted by atomic mass is 10.0. The van der Waals surface area contributed by atoms with E-state index in [1.807, 2.05) is 36.4 Å². The van der Waals surface area contributed by atoms with Crippen LogP contribution < -0.4 is 0 Å². The molecule has 18 heavy (non-hydrogen) atoms. The van der Waals surface area contributed by atoms with Crippen LogP contribution in [0.5, 0.6) is 0 Å². The summed E-state index contributed by atoms with van der Waals surface area (Å²) in [5, 5.41) is 1.29. The Balaban J connectivity index is 2.03. The molecule has 0 aromatic heterocycles. The fraction of sp³-hybridized carbons (Fsp3) is 0.133. The molecular weight excluding hydrogens is 267 g/mol. The molecule has 0 unspecified atom stereocenters. The molecule has 0 N–H and O–H groups in total. The summed E-state index contributed by atoms with van der Waals surface area (Å²) in [7, 11) is 0. The first-order valence-corrected chi connectivity index (χ1v) is 6.40. The van der Waals surface area contributed by atoms with Gasteiger partial charge in [-0.2, -0.15) is 0 Å². The average molecular weight is 279 g/mol. The maximum Gasteiger partial charge on any atom is 0.141 e. The zero-order chi connectivity index (χ0) is 13.0. The normalized spacial score (nSPS) is 10.3. The van der Waals surface area contributed by atoms with Crippen LogP contribution in [0.15, 0.2) is 48.5 Å². The third-order valence-electron chi connectivity index (χ3n) is 2.64. The lowest BCUT2D eigenvalue weighted by molar-refractivity contribution is -0.117. The van der Waals surface area contributed by atoms with Crippen LogP contribution in [0.1, 0.15) is 11.1 Å². The standard InChI is InChI=1S/C15H12Cl2O/c16-13-6-3-4-11(8-13)9-14(18)10-12-5-1-2-7-15(12)17/h1-8H,9-10H2. The van der Waals surface area contributed by atoms with Gasteiger partial charge in [-0.1, -0.05) is 53.5 Å². The van der Waals surface area contributed by atoms with Gasteiger partial charge in [-0.25, -0.2) is 0 Å². The van der Waals surface area contributed by atoms with Crippen molar-refractivity contribution in [3.8, 4) is 0 Å². The summed E-state index contributed by atoms with van der Waals surface area (Å²) in [5.74, 6) is 0.130. The number of benzene rings is 2. The molecule has 2 rings (SSSR count). The topological polar surface area (TPSA) is 17.1 Å². The molecule has 0 amide bonds. The van der Waals surface area contributed by atoms with E-state index in [4.69, 9.17) is 23.2 Å². The highest BCUT2D eigenvalue weighted by atomic mass is 35.5. The van der Waals surface area contributed by atoms with E-state index < -0.39 is 0 Å². The molecule has 0 atom stereocenters. The first-order chi connectivity index (χ1) is 8.65. The largest absolute Gasteiger partial charge is 0.299 e. The summed E-state index contributed by atoms with van der Waals surface area (Å²) in [4.78, 5) is 11.9. The van der Waals surface area contributed by atoms with Gasteiger partial charge in [0.25, 0.3) is 0 Å². The number of hydrogen-bond acceptors (Lipinski definition) is 1. The summed E-state index contributed by atoms with van der Waals surface area (Å²) < 4.78 is 0. The second-order valence-corrected chi connectivity index (χ2v) is 4.96. The highest BCUT2D eigenvalue weighted by molar-refractivity contribution is 6.31. The lowest BCUT2D eigenvalue weighted by Crippen LogP contribution is -2.06. The second-order valence-electron chi connectivity index (χ2n) is 4.11. The SMILES string of the molecule is O=C(Cc1cccc(Cl)c1)Cc1ccccc1Cl. The molecule has 0 aliphatic rings. The Bertz CT molecular complexity index is 564. The quantitative estimate of drug-likeness (QED) is 0.813. The molecule has 0 bridgehead atoms. The van der Waals surface area contributed by atoms with Gasteiger partial charge in [0.1, 0.15) is 5.78 Å². The van der Waals surface area contributed by atoms with E-state index in [2.05, 4.69) is 0 Å². The fourth-order valence-corrected chi connectivity index (χ4v) is 2.21. The molecule has 0 fully saturated rings. The van der Waals surface area contributed by atoms with E-state index in [9.17, 15) is 4.79 Å². The second kappa shape index (κ2) is 6.03. The molecule has 2 aromatic rings. The van der Waals surface area contributed by atoms with Crippen molar-refractivity contribution in [2.45, 2.75) is 12.8 Å². The number of carbonyl (C=O) groups excluding carboxylic acids is 1.